The normalized spacial score (nSPS) is 39.7. The molecule has 0 aromatic heterocycles. The second kappa shape index (κ2) is 4.89. The summed E-state index contributed by atoms with van der Waals surface area (Å²) in [6.07, 6.45) is 4.67. The van der Waals surface area contributed by atoms with Crippen molar-refractivity contribution in [1.29, 1.82) is 0 Å². The molecule has 0 aromatic carbocycles. The zero-order chi connectivity index (χ0) is 11.7. The maximum atomic E-state index is 9.57. The van der Waals surface area contributed by atoms with Gasteiger partial charge in [-0.2, -0.15) is 0 Å². The smallest absolute Gasteiger partial charge is 0.176 e. The maximum Gasteiger partial charge on any atom is 0.176 e. The predicted molar refractivity (Wildman–Crippen MR) is 64.9 cm³/mol. The summed E-state index contributed by atoms with van der Waals surface area (Å²) in [4.78, 5) is 0. The van der Waals surface area contributed by atoms with Crippen LogP contribution in [0.4, 0.5) is 0 Å². The molecule has 2 fully saturated rings. The molecule has 0 aromatic rings. The number of hydrogen-bond acceptors (Lipinski definition) is 2. The van der Waals surface area contributed by atoms with Crippen LogP contribution < -0.4 is 0 Å². The van der Waals surface area contributed by atoms with Crippen LogP contribution in [0.1, 0.15) is 39.5 Å². The van der Waals surface area contributed by atoms with Crippen molar-refractivity contribution in [1.82, 2.24) is 0 Å². The molecule has 0 aliphatic heterocycles. The van der Waals surface area contributed by atoms with E-state index in [-0.39, 0.29) is 0 Å². The van der Waals surface area contributed by atoms with Crippen LogP contribution >= 0.6 is 0 Å². The van der Waals surface area contributed by atoms with Gasteiger partial charge in [0.25, 0.3) is 0 Å². The Balaban J connectivity index is 1.84. The Kier molecular flexibility index (Phi) is 3.70. The molecule has 92 valence electrons. The van der Waals surface area contributed by atoms with Crippen LogP contribution in [-0.4, -0.2) is 18.0 Å². The van der Waals surface area contributed by atoms with E-state index in [1.165, 1.54) is 25.7 Å². The first-order chi connectivity index (χ1) is 7.59. The highest BCUT2D eigenvalue weighted by Gasteiger charge is 2.43. The van der Waals surface area contributed by atoms with Gasteiger partial charge in [0.05, 0.1) is 6.61 Å². The van der Waals surface area contributed by atoms with Crippen molar-refractivity contribution in [2.45, 2.75) is 45.8 Å². The third-order valence-corrected chi connectivity index (χ3v) is 4.53. The van der Waals surface area contributed by atoms with E-state index in [4.69, 9.17) is 4.74 Å². The van der Waals surface area contributed by atoms with E-state index in [1.54, 1.807) is 6.92 Å². The van der Waals surface area contributed by atoms with Gasteiger partial charge in [-0.1, -0.05) is 19.9 Å². The van der Waals surface area contributed by atoms with Crippen molar-refractivity contribution < 1.29 is 9.84 Å². The number of rotatable bonds is 4. The van der Waals surface area contributed by atoms with Crippen molar-refractivity contribution in [3.8, 4) is 0 Å². The first kappa shape index (κ1) is 12.1. The molecule has 2 rings (SSSR count). The zero-order valence-electron chi connectivity index (χ0n) is 10.5. The number of fused-ring (bicyclic) bond motifs is 1. The lowest BCUT2D eigenvalue weighted by atomic mass is 9.91. The van der Waals surface area contributed by atoms with Gasteiger partial charge in [0.2, 0.25) is 0 Å². The highest BCUT2D eigenvalue weighted by molar-refractivity contribution is 4.94. The van der Waals surface area contributed by atoms with Crippen molar-refractivity contribution in [2.75, 3.05) is 6.61 Å². The summed E-state index contributed by atoms with van der Waals surface area (Å²) in [6.45, 7) is 8.59. The van der Waals surface area contributed by atoms with Crippen molar-refractivity contribution >= 4 is 0 Å². The largest absolute Gasteiger partial charge is 0.364 e. The van der Waals surface area contributed by atoms with Crippen molar-refractivity contribution in [3.05, 3.63) is 12.2 Å². The lowest BCUT2D eigenvalue weighted by molar-refractivity contribution is -0.0875. The third kappa shape index (κ3) is 2.33. The third-order valence-electron chi connectivity index (χ3n) is 4.53. The average molecular weight is 224 g/mol. The lowest BCUT2D eigenvalue weighted by Crippen LogP contribution is -2.21. The van der Waals surface area contributed by atoms with Crippen LogP contribution in [0.5, 0.6) is 0 Å². The van der Waals surface area contributed by atoms with Gasteiger partial charge in [0, 0.05) is 0 Å². The Bertz CT molecular complexity index is 261. The topological polar surface area (TPSA) is 29.5 Å². The number of aliphatic hydroxyl groups is 1. The van der Waals surface area contributed by atoms with Gasteiger partial charge >= 0.3 is 0 Å². The van der Waals surface area contributed by atoms with Gasteiger partial charge < -0.3 is 9.84 Å². The van der Waals surface area contributed by atoms with Gasteiger partial charge in [0.1, 0.15) is 0 Å². The molecule has 5 unspecified atom stereocenters. The molecule has 0 radical (unpaired) electrons. The molecule has 2 saturated carbocycles. The fourth-order valence-corrected chi connectivity index (χ4v) is 3.68. The van der Waals surface area contributed by atoms with Gasteiger partial charge in [-0.3, -0.25) is 0 Å². The SMILES string of the molecule is C=C(C)C(O)OCC1CC(C)C2CCCC12. The predicted octanol–water partition coefficient (Wildman–Crippen LogP) is 2.97. The monoisotopic (exact) mass is 224 g/mol. The molecule has 0 saturated heterocycles. The molecule has 2 aliphatic carbocycles. The first-order valence-corrected chi connectivity index (χ1v) is 6.54. The molecule has 2 aliphatic rings. The summed E-state index contributed by atoms with van der Waals surface area (Å²) in [5.41, 5.74) is 0.703. The Morgan fingerprint density at radius 3 is 2.81 bits per heavy atom. The van der Waals surface area contributed by atoms with Crippen LogP contribution in [0.25, 0.3) is 0 Å². The van der Waals surface area contributed by atoms with Crippen molar-refractivity contribution in [3.63, 3.8) is 0 Å². The maximum absolute atomic E-state index is 9.57. The molecule has 5 atom stereocenters. The first-order valence-electron chi connectivity index (χ1n) is 6.54. The number of ether oxygens (including phenoxy) is 1. The molecular formula is C14H24O2. The molecule has 0 bridgehead atoms. The molecular weight excluding hydrogens is 200 g/mol. The summed E-state index contributed by atoms with van der Waals surface area (Å²) >= 11 is 0. The van der Waals surface area contributed by atoms with E-state index in [0.29, 0.717) is 18.1 Å². The van der Waals surface area contributed by atoms with Crippen LogP contribution in [-0.2, 0) is 4.74 Å². The number of hydrogen-bond donors (Lipinski definition) is 1. The van der Waals surface area contributed by atoms with E-state index in [0.717, 1.165) is 17.8 Å². The lowest BCUT2D eigenvalue weighted by Gasteiger charge is -2.20. The Hall–Kier alpha value is -0.340. The van der Waals surface area contributed by atoms with Crippen LogP contribution in [0.15, 0.2) is 12.2 Å². The van der Waals surface area contributed by atoms with Crippen LogP contribution in [0, 0.1) is 23.7 Å². The van der Waals surface area contributed by atoms with Crippen LogP contribution in [0.3, 0.4) is 0 Å². The molecule has 0 amide bonds. The van der Waals surface area contributed by atoms with E-state index < -0.39 is 6.29 Å². The van der Waals surface area contributed by atoms with E-state index >= 15 is 0 Å². The Labute approximate surface area is 98.7 Å². The van der Waals surface area contributed by atoms with Gasteiger partial charge in [-0.15, -0.1) is 0 Å². The fraction of sp³-hybridized carbons (Fsp3) is 0.857. The minimum atomic E-state index is -0.768. The summed E-state index contributed by atoms with van der Waals surface area (Å²) in [7, 11) is 0. The second-order valence-corrected chi connectivity index (χ2v) is 5.76. The Morgan fingerprint density at radius 2 is 2.12 bits per heavy atom. The second-order valence-electron chi connectivity index (χ2n) is 5.76. The Morgan fingerprint density at radius 1 is 1.44 bits per heavy atom. The zero-order valence-corrected chi connectivity index (χ0v) is 10.5. The quantitative estimate of drug-likeness (QED) is 0.587. The van der Waals surface area contributed by atoms with Gasteiger partial charge in [-0.05, 0) is 55.4 Å². The highest BCUT2D eigenvalue weighted by atomic mass is 16.6. The summed E-state index contributed by atoms with van der Waals surface area (Å²) in [5.74, 6) is 3.29. The standard InChI is InChI=1S/C14H24O2/c1-9(2)14(15)16-8-11-7-10(3)12-5-4-6-13(11)12/h10-15H,1,4-8H2,2-3H3. The fourth-order valence-electron chi connectivity index (χ4n) is 3.68. The van der Waals surface area contributed by atoms with Crippen LogP contribution in [0.2, 0.25) is 0 Å². The summed E-state index contributed by atoms with van der Waals surface area (Å²) < 4.78 is 5.50. The molecule has 1 N–H and O–H groups in total. The van der Waals surface area contributed by atoms with E-state index in [2.05, 4.69) is 13.5 Å². The highest BCUT2D eigenvalue weighted by Crippen LogP contribution is 2.50. The molecule has 16 heavy (non-hydrogen) atoms. The molecule has 0 spiro atoms. The summed E-state index contributed by atoms with van der Waals surface area (Å²) in [5, 5.41) is 9.57. The van der Waals surface area contributed by atoms with Crippen molar-refractivity contribution in [2.24, 2.45) is 23.7 Å². The average Bonchev–Trinajstić information content (AvgIpc) is 2.80. The van der Waals surface area contributed by atoms with Gasteiger partial charge in [0.15, 0.2) is 6.29 Å². The van der Waals surface area contributed by atoms with Gasteiger partial charge in [-0.25, -0.2) is 0 Å². The minimum Gasteiger partial charge on any atom is -0.364 e. The number of aliphatic hydroxyl groups excluding tert-OH is 1. The summed E-state index contributed by atoms with van der Waals surface area (Å²) in [6, 6.07) is 0. The molecule has 0 heterocycles. The molecule has 2 heteroatoms. The molecule has 2 nitrogen and oxygen atoms in total. The minimum absolute atomic E-state index is 0.663. The van der Waals surface area contributed by atoms with E-state index in [1.807, 2.05) is 0 Å². The van der Waals surface area contributed by atoms with E-state index in [9.17, 15) is 5.11 Å².